The number of hydrogen-bond donors (Lipinski definition) is 1. The molecule has 0 aliphatic carbocycles. The number of likely N-dealkylation sites (N-methyl/N-ethyl adjacent to an activating group) is 1. The molecule has 0 unspecified atom stereocenters. The zero-order valence-electron chi connectivity index (χ0n) is 15.3. The van der Waals surface area contributed by atoms with Gasteiger partial charge in [0.05, 0.1) is 23.7 Å². The molecule has 0 saturated carbocycles. The first-order chi connectivity index (χ1) is 13.6. The van der Waals surface area contributed by atoms with E-state index < -0.39 is 22.7 Å². The molecule has 0 saturated heterocycles. The Morgan fingerprint density at radius 1 is 1.24 bits per heavy atom. The largest absolute Gasteiger partial charge is 0.467 e. The van der Waals surface area contributed by atoms with E-state index in [1.807, 2.05) is 0 Å². The molecule has 10 heteroatoms. The van der Waals surface area contributed by atoms with Crippen molar-refractivity contribution in [2.24, 2.45) is 0 Å². The molecular formula is C19H17Cl2F3N2O3. The van der Waals surface area contributed by atoms with Crippen molar-refractivity contribution in [2.75, 3.05) is 25.7 Å². The van der Waals surface area contributed by atoms with Crippen LogP contribution in [0.25, 0.3) is 0 Å². The second-order valence-corrected chi connectivity index (χ2v) is 7.42. The van der Waals surface area contributed by atoms with E-state index in [0.29, 0.717) is 23.9 Å². The Balaban J connectivity index is 1.66. The maximum absolute atomic E-state index is 13.0. The van der Waals surface area contributed by atoms with Gasteiger partial charge in [0.2, 0.25) is 5.91 Å². The molecule has 0 aromatic heterocycles. The van der Waals surface area contributed by atoms with Crippen molar-refractivity contribution in [3.05, 3.63) is 57.1 Å². The smallest absolute Gasteiger partial charge is 0.417 e. The number of halogens is 5. The summed E-state index contributed by atoms with van der Waals surface area (Å²) in [5.41, 5.74) is 0.616. The summed E-state index contributed by atoms with van der Waals surface area (Å²) in [5.74, 6) is 0.198. The van der Waals surface area contributed by atoms with Gasteiger partial charge in [-0.05, 0) is 37.4 Å². The molecule has 0 atom stereocenters. The molecule has 1 aliphatic heterocycles. The molecule has 0 fully saturated rings. The quantitative estimate of drug-likeness (QED) is 0.702. The van der Waals surface area contributed by atoms with Crippen LogP contribution in [0.4, 0.5) is 18.9 Å². The lowest BCUT2D eigenvalue weighted by Crippen LogP contribution is -2.30. The van der Waals surface area contributed by atoms with Crippen LogP contribution in [-0.2, 0) is 28.9 Å². The van der Waals surface area contributed by atoms with Gasteiger partial charge in [-0.25, -0.2) is 0 Å². The Hall–Kier alpha value is -2.00. The van der Waals surface area contributed by atoms with Gasteiger partial charge in [0.1, 0.15) is 5.75 Å². The molecule has 2 aromatic carbocycles. The maximum Gasteiger partial charge on any atom is 0.417 e. The van der Waals surface area contributed by atoms with Crippen molar-refractivity contribution in [1.29, 1.82) is 0 Å². The van der Waals surface area contributed by atoms with Crippen molar-refractivity contribution in [2.45, 2.75) is 19.3 Å². The Morgan fingerprint density at radius 2 is 2.00 bits per heavy atom. The molecule has 0 spiro atoms. The zero-order chi connectivity index (χ0) is 21.2. The van der Waals surface area contributed by atoms with Gasteiger partial charge in [-0.15, -0.1) is 0 Å². The summed E-state index contributed by atoms with van der Waals surface area (Å²) in [7, 11) is 1.70. The molecule has 1 N–H and O–H groups in total. The molecule has 3 rings (SSSR count). The van der Waals surface area contributed by atoms with Crippen LogP contribution in [0.2, 0.25) is 10.0 Å². The number of anilines is 1. The van der Waals surface area contributed by atoms with Gasteiger partial charge in [0, 0.05) is 28.4 Å². The summed E-state index contributed by atoms with van der Waals surface area (Å²) in [6, 6.07) is 6.72. The van der Waals surface area contributed by atoms with E-state index in [4.69, 9.17) is 32.7 Å². The Morgan fingerprint density at radius 3 is 2.72 bits per heavy atom. The standard InChI is InChI=1S/C19H17Cl2F3N2O3/c1-26(7-11-4-13(20)5-12-9-28-10-29-18(11)12)8-17(27)25-14-2-3-16(21)15(6-14)19(22,23)24/h2-6H,7-10H2,1H3,(H,25,27). The van der Waals surface area contributed by atoms with Crippen molar-refractivity contribution in [1.82, 2.24) is 4.90 Å². The molecule has 1 heterocycles. The predicted molar refractivity (Wildman–Crippen MR) is 103 cm³/mol. The molecule has 2 aromatic rings. The van der Waals surface area contributed by atoms with Crippen molar-refractivity contribution >= 4 is 34.8 Å². The zero-order valence-corrected chi connectivity index (χ0v) is 16.8. The van der Waals surface area contributed by atoms with Crippen LogP contribution in [0, 0.1) is 0 Å². The van der Waals surface area contributed by atoms with Gasteiger partial charge >= 0.3 is 6.18 Å². The molecule has 29 heavy (non-hydrogen) atoms. The Kier molecular flexibility index (Phi) is 6.58. The average molecular weight is 449 g/mol. The summed E-state index contributed by atoms with van der Waals surface area (Å²) in [4.78, 5) is 14.0. The summed E-state index contributed by atoms with van der Waals surface area (Å²) < 4.78 is 49.6. The molecule has 156 valence electrons. The van der Waals surface area contributed by atoms with Gasteiger partial charge in [-0.3, -0.25) is 9.69 Å². The van der Waals surface area contributed by atoms with Crippen LogP contribution >= 0.6 is 23.2 Å². The van der Waals surface area contributed by atoms with Crippen LogP contribution in [0.5, 0.6) is 5.75 Å². The van der Waals surface area contributed by atoms with Crippen molar-refractivity contribution in [3.63, 3.8) is 0 Å². The highest BCUT2D eigenvalue weighted by Crippen LogP contribution is 2.36. The van der Waals surface area contributed by atoms with E-state index in [2.05, 4.69) is 5.32 Å². The van der Waals surface area contributed by atoms with Gasteiger partial charge < -0.3 is 14.8 Å². The fourth-order valence-corrected chi connectivity index (χ4v) is 3.47. The molecule has 1 aliphatic rings. The van der Waals surface area contributed by atoms with E-state index in [1.165, 1.54) is 6.07 Å². The third kappa shape index (κ3) is 5.54. The molecule has 5 nitrogen and oxygen atoms in total. The van der Waals surface area contributed by atoms with E-state index in [0.717, 1.165) is 23.3 Å². The first-order valence-electron chi connectivity index (χ1n) is 8.50. The number of fused-ring (bicyclic) bond motifs is 1. The van der Waals surface area contributed by atoms with Gasteiger partial charge in [-0.2, -0.15) is 13.2 Å². The third-order valence-corrected chi connectivity index (χ3v) is 4.71. The van der Waals surface area contributed by atoms with E-state index in [-0.39, 0.29) is 19.0 Å². The summed E-state index contributed by atoms with van der Waals surface area (Å²) in [6.45, 7) is 0.807. The number of hydrogen-bond acceptors (Lipinski definition) is 4. The van der Waals surface area contributed by atoms with Crippen molar-refractivity contribution < 1.29 is 27.4 Å². The highest BCUT2D eigenvalue weighted by Gasteiger charge is 2.33. The first-order valence-corrected chi connectivity index (χ1v) is 9.26. The summed E-state index contributed by atoms with van der Waals surface area (Å²) >= 11 is 11.7. The van der Waals surface area contributed by atoms with Gasteiger partial charge in [0.15, 0.2) is 6.79 Å². The fourth-order valence-electron chi connectivity index (χ4n) is 2.99. The highest BCUT2D eigenvalue weighted by atomic mass is 35.5. The van der Waals surface area contributed by atoms with E-state index in [1.54, 1.807) is 24.1 Å². The Labute approximate surface area is 175 Å². The molecular weight excluding hydrogens is 432 g/mol. The average Bonchev–Trinajstić information content (AvgIpc) is 2.62. The minimum Gasteiger partial charge on any atom is -0.467 e. The number of nitrogens with one attached hydrogen (secondary N) is 1. The summed E-state index contributed by atoms with van der Waals surface area (Å²) in [5, 5.41) is 2.55. The lowest BCUT2D eigenvalue weighted by Gasteiger charge is -2.23. The van der Waals surface area contributed by atoms with Crippen LogP contribution in [0.3, 0.4) is 0 Å². The second kappa shape index (κ2) is 8.79. The number of carbonyl (C=O) groups excluding carboxylic acids is 1. The number of nitrogens with zero attached hydrogens (tertiary/aromatic N) is 1. The van der Waals surface area contributed by atoms with Crippen LogP contribution in [0.1, 0.15) is 16.7 Å². The van der Waals surface area contributed by atoms with Crippen LogP contribution < -0.4 is 10.1 Å². The van der Waals surface area contributed by atoms with Crippen molar-refractivity contribution in [3.8, 4) is 5.75 Å². The SMILES string of the molecule is CN(CC(=O)Nc1ccc(Cl)c(C(F)(F)F)c1)Cc1cc(Cl)cc2c1OCOC2. The minimum absolute atomic E-state index is 0.0146. The van der Waals surface area contributed by atoms with Crippen LogP contribution in [-0.4, -0.2) is 31.2 Å². The monoisotopic (exact) mass is 448 g/mol. The van der Waals surface area contributed by atoms with Crippen LogP contribution in [0.15, 0.2) is 30.3 Å². The third-order valence-electron chi connectivity index (χ3n) is 4.16. The lowest BCUT2D eigenvalue weighted by atomic mass is 10.1. The Bertz CT molecular complexity index is 922. The second-order valence-electron chi connectivity index (χ2n) is 6.58. The highest BCUT2D eigenvalue weighted by molar-refractivity contribution is 6.31. The molecule has 0 bridgehead atoms. The number of rotatable bonds is 5. The number of alkyl halides is 3. The lowest BCUT2D eigenvalue weighted by molar-refractivity contribution is -0.137. The first kappa shape index (κ1) is 21.7. The maximum atomic E-state index is 13.0. The van der Waals surface area contributed by atoms with Gasteiger partial charge in [-0.1, -0.05) is 23.2 Å². The minimum atomic E-state index is -4.61. The number of amides is 1. The predicted octanol–water partition coefficient (Wildman–Crippen LogP) is 4.95. The van der Waals surface area contributed by atoms with Gasteiger partial charge in [0.25, 0.3) is 0 Å². The topological polar surface area (TPSA) is 50.8 Å². The van der Waals surface area contributed by atoms with E-state index in [9.17, 15) is 18.0 Å². The summed E-state index contributed by atoms with van der Waals surface area (Å²) in [6.07, 6.45) is -4.61. The molecule has 0 radical (unpaired) electrons. The normalized spacial score (nSPS) is 13.8. The van der Waals surface area contributed by atoms with E-state index >= 15 is 0 Å². The number of benzene rings is 2. The number of carbonyl (C=O) groups is 1. The number of ether oxygens (including phenoxy) is 2. The fraction of sp³-hybridized carbons (Fsp3) is 0.316. The molecule has 1 amide bonds.